The number of hydrogen-bond donors (Lipinski definition) is 0. The van der Waals surface area contributed by atoms with Crippen LogP contribution in [-0.4, -0.2) is 17.6 Å². The molecule has 2 aromatic carbocycles. The second-order valence-corrected chi connectivity index (χ2v) is 13.6. The van der Waals surface area contributed by atoms with Gasteiger partial charge in [0.1, 0.15) is 0 Å². The molecule has 0 N–H and O–H groups in total. The first kappa shape index (κ1) is 30.3. The first-order valence-electron chi connectivity index (χ1n) is 10.3. The van der Waals surface area contributed by atoms with Gasteiger partial charge in [0.2, 0.25) is 0 Å². The number of rotatable bonds is 4. The number of hydrogen-bond acceptors (Lipinski definition) is 0. The summed E-state index contributed by atoms with van der Waals surface area (Å²) in [5.74, 6) is 0. The molecule has 0 radical (unpaired) electrons. The van der Waals surface area contributed by atoms with Gasteiger partial charge in [-0.05, 0) is 0 Å². The first-order valence-corrected chi connectivity index (χ1v) is 16.1. The van der Waals surface area contributed by atoms with Gasteiger partial charge >= 0.3 is 26.2 Å². The van der Waals surface area contributed by atoms with Crippen LogP contribution >= 0.6 is 0 Å². The van der Waals surface area contributed by atoms with E-state index in [-0.39, 0.29) is 51.0 Å². The summed E-state index contributed by atoms with van der Waals surface area (Å²) in [7, 11) is -1.43. The third kappa shape index (κ3) is 8.30. The SMILES string of the molecule is C[SiH](C)C1=[C-]CC=C1c1ccccc1.C[SiH](C)C1=[C-]CC=C1c1ccccc1.[Cl-].[Cl-].[Zr+4]. The Morgan fingerprint density at radius 3 is 1.19 bits per heavy atom. The van der Waals surface area contributed by atoms with Crippen LogP contribution in [0.2, 0.25) is 26.2 Å². The van der Waals surface area contributed by atoms with E-state index in [1.807, 2.05) is 0 Å². The Morgan fingerprint density at radius 1 is 0.581 bits per heavy atom. The zero-order chi connectivity index (χ0) is 19.9. The first-order chi connectivity index (χ1) is 13.6. The molecule has 2 aliphatic rings. The summed E-state index contributed by atoms with van der Waals surface area (Å²) in [6.07, 6.45) is 13.6. The van der Waals surface area contributed by atoms with Crippen molar-refractivity contribution in [2.24, 2.45) is 0 Å². The molecular formula is C26H30Cl2Si2Zr. The van der Waals surface area contributed by atoms with Crippen LogP contribution in [0.5, 0.6) is 0 Å². The van der Waals surface area contributed by atoms with Crippen molar-refractivity contribution in [1.29, 1.82) is 0 Å². The smallest absolute Gasteiger partial charge is 1.00 e. The average molecular weight is 561 g/mol. The summed E-state index contributed by atoms with van der Waals surface area (Å²) in [5.41, 5.74) is 5.59. The molecule has 0 atom stereocenters. The molecular weight excluding hydrogens is 531 g/mol. The van der Waals surface area contributed by atoms with Gasteiger partial charge in [-0.1, -0.05) is 86.9 Å². The molecule has 0 unspecified atom stereocenters. The zero-order valence-corrected chi connectivity index (χ0v) is 25.0. The van der Waals surface area contributed by atoms with E-state index >= 15 is 0 Å². The summed E-state index contributed by atoms with van der Waals surface area (Å²) in [4.78, 5) is 0. The van der Waals surface area contributed by atoms with E-state index in [9.17, 15) is 0 Å². The Labute approximate surface area is 223 Å². The molecule has 0 bridgehead atoms. The van der Waals surface area contributed by atoms with Crippen molar-refractivity contribution in [2.75, 3.05) is 0 Å². The van der Waals surface area contributed by atoms with Crippen molar-refractivity contribution in [3.05, 3.63) is 106 Å². The molecule has 2 aliphatic carbocycles. The molecule has 0 saturated carbocycles. The van der Waals surface area contributed by atoms with E-state index in [0.717, 1.165) is 12.8 Å². The molecule has 0 nitrogen and oxygen atoms in total. The summed E-state index contributed by atoms with van der Waals surface area (Å²) >= 11 is 0. The molecule has 0 aromatic heterocycles. The standard InChI is InChI=1S/2C13H15Si.2ClH.Zr/c2*1-14(2)13-10-6-9-12(13)11-7-4-3-5-8-11;;;/h2*3-5,7-9,14H,6H2,1-2H3;2*1H;/q2*-1;;;+4/p-2. The van der Waals surface area contributed by atoms with Crippen LogP contribution in [0.3, 0.4) is 0 Å². The van der Waals surface area contributed by atoms with E-state index in [1.165, 1.54) is 32.7 Å². The molecule has 4 rings (SSSR count). The minimum absolute atomic E-state index is 0. The van der Waals surface area contributed by atoms with Gasteiger partial charge in [-0.3, -0.25) is 12.2 Å². The minimum atomic E-state index is -0.713. The van der Waals surface area contributed by atoms with Crippen molar-refractivity contribution in [2.45, 2.75) is 39.0 Å². The Hall–Kier alpha value is -0.703. The molecule has 0 amide bonds. The average Bonchev–Trinajstić information content (AvgIpc) is 3.40. The van der Waals surface area contributed by atoms with Gasteiger partial charge in [-0.15, -0.1) is 24.0 Å². The van der Waals surface area contributed by atoms with Gasteiger partial charge in [0.05, 0.1) is 0 Å². The van der Waals surface area contributed by atoms with Crippen molar-refractivity contribution in [1.82, 2.24) is 0 Å². The van der Waals surface area contributed by atoms with Crippen molar-refractivity contribution < 1.29 is 51.0 Å². The summed E-state index contributed by atoms with van der Waals surface area (Å²) in [5, 5.41) is 3.02. The van der Waals surface area contributed by atoms with Crippen LogP contribution in [0, 0.1) is 12.2 Å². The van der Waals surface area contributed by atoms with Crippen LogP contribution < -0.4 is 24.8 Å². The Balaban J connectivity index is 0.000000529. The summed E-state index contributed by atoms with van der Waals surface area (Å²) in [6, 6.07) is 21.3. The van der Waals surface area contributed by atoms with E-state index in [4.69, 9.17) is 0 Å². The fourth-order valence-electron chi connectivity index (χ4n) is 3.75. The summed E-state index contributed by atoms with van der Waals surface area (Å²) < 4.78 is 0. The predicted octanol–water partition coefficient (Wildman–Crippen LogP) is 0.464. The predicted molar refractivity (Wildman–Crippen MR) is 129 cm³/mol. The maximum atomic E-state index is 3.49. The van der Waals surface area contributed by atoms with E-state index in [1.54, 1.807) is 0 Å². The molecule has 2 aromatic rings. The van der Waals surface area contributed by atoms with E-state index < -0.39 is 17.6 Å². The normalized spacial score (nSPS) is 14.1. The third-order valence-corrected chi connectivity index (χ3v) is 8.44. The van der Waals surface area contributed by atoms with Gasteiger partial charge in [0.15, 0.2) is 0 Å². The molecule has 0 aliphatic heterocycles. The van der Waals surface area contributed by atoms with Crippen LogP contribution in [0.25, 0.3) is 11.1 Å². The quantitative estimate of drug-likeness (QED) is 0.377. The van der Waals surface area contributed by atoms with Gasteiger partial charge in [-0.2, -0.15) is 23.3 Å². The van der Waals surface area contributed by atoms with Gasteiger partial charge in [-0.25, -0.2) is 10.4 Å². The second kappa shape index (κ2) is 15.2. The molecule has 0 saturated heterocycles. The van der Waals surface area contributed by atoms with Crippen molar-refractivity contribution in [3.63, 3.8) is 0 Å². The molecule has 0 fully saturated rings. The Kier molecular flexibility index (Phi) is 14.8. The maximum Gasteiger partial charge on any atom is 4.00 e. The monoisotopic (exact) mass is 558 g/mol. The van der Waals surface area contributed by atoms with E-state index in [0.29, 0.717) is 0 Å². The van der Waals surface area contributed by atoms with Gasteiger partial charge in [0.25, 0.3) is 0 Å². The molecule has 0 heterocycles. The van der Waals surface area contributed by atoms with Gasteiger partial charge < -0.3 is 24.8 Å². The van der Waals surface area contributed by atoms with Crippen LogP contribution in [0.4, 0.5) is 0 Å². The number of halogens is 2. The fraction of sp³-hybridized carbons (Fsp3) is 0.231. The maximum absolute atomic E-state index is 3.49. The molecule has 160 valence electrons. The molecule has 5 heteroatoms. The number of benzene rings is 2. The largest absolute Gasteiger partial charge is 4.00 e. The van der Waals surface area contributed by atoms with Crippen LogP contribution in [0.1, 0.15) is 24.0 Å². The van der Waals surface area contributed by atoms with Crippen molar-refractivity contribution >= 4 is 28.7 Å². The Bertz CT molecular complexity index is 837. The molecule has 31 heavy (non-hydrogen) atoms. The van der Waals surface area contributed by atoms with Crippen LogP contribution in [-0.2, 0) is 26.2 Å². The van der Waals surface area contributed by atoms with Crippen molar-refractivity contribution in [3.8, 4) is 0 Å². The second-order valence-electron chi connectivity index (χ2n) is 7.87. The topological polar surface area (TPSA) is 0 Å². The summed E-state index contributed by atoms with van der Waals surface area (Å²) in [6.45, 7) is 9.46. The van der Waals surface area contributed by atoms with Gasteiger partial charge in [0, 0.05) is 17.6 Å². The fourth-order valence-corrected chi connectivity index (χ4v) is 6.61. The van der Waals surface area contributed by atoms with Crippen LogP contribution in [0.15, 0.2) is 83.2 Å². The third-order valence-electron chi connectivity index (χ3n) is 5.10. The zero-order valence-electron chi connectivity index (χ0n) is 18.8. The van der Waals surface area contributed by atoms with E-state index in [2.05, 4.69) is 111 Å². The number of allylic oxidation sites excluding steroid dienone is 8. The minimum Gasteiger partial charge on any atom is -1.00 e. The molecule has 0 spiro atoms. The Morgan fingerprint density at radius 2 is 0.903 bits per heavy atom.